The molecule has 1 aromatic heterocycles. The second-order valence-corrected chi connectivity index (χ2v) is 7.21. The summed E-state index contributed by atoms with van der Waals surface area (Å²) >= 11 is 1.84. The number of hydrogen-bond acceptors (Lipinski definition) is 4. The Hall–Kier alpha value is -0.610. The lowest BCUT2D eigenvalue weighted by atomic mass is 9.73. The second kappa shape index (κ2) is 6.71. The van der Waals surface area contributed by atoms with Gasteiger partial charge in [0.05, 0.1) is 0 Å². The number of aromatic nitrogens is 2. The summed E-state index contributed by atoms with van der Waals surface area (Å²) in [7, 11) is 0. The first kappa shape index (κ1) is 14.8. The Balaban J connectivity index is 2.07. The van der Waals surface area contributed by atoms with Crippen molar-refractivity contribution in [2.75, 3.05) is 6.54 Å². The molecule has 1 saturated carbocycles. The van der Waals surface area contributed by atoms with E-state index in [0.717, 1.165) is 11.7 Å². The number of nitrogens with one attached hydrogen (secondary N) is 1. The summed E-state index contributed by atoms with van der Waals surface area (Å²) in [6.07, 6.45) is 8.72. The third kappa shape index (κ3) is 3.93. The summed E-state index contributed by atoms with van der Waals surface area (Å²) in [5.41, 5.74) is 0.361. The zero-order valence-electron chi connectivity index (χ0n) is 12.2. The van der Waals surface area contributed by atoms with E-state index in [4.69, 9.17) is 0 Å². The molecule has 1 aromatic rings. The van der Waals surface area contributed by atoms with Crippen LogP contribution >= 0.6 is 11.8 Å². The zero-order valence-corrected chi connectivity index (χ0v) is 13.0. The molecule has 2 unspecified atom stereocenters. The molecular formula is C15H25N3S. The van der Waals surface area contributed by atoms with Crippen molar-refractivity contribution >= 4 is 11.8 Å². The molecule has 1 N–H and O–H groups in total. The molecule has 0 aliphatic heterocycles. The van der Waals surface area contributed by atoms with E-state index < -0.39 is 0 Å². The van der Waals surface area contributed by atoms with Crippen molar-refractivity contribution in [1.82, 2.24) is 15.3 Å². The van der Waals surface area contributed by atoms with Crippen LogP contribution in [0.25, 0.3) is 0 Å². The van der Waals surface area contributed by atoms with Crippen LogP contribution in [0.1, 0.15) is 46.5 Å². The van der Waals surface area contributed by atoms with Gasteiger partial charge in [0.25, 0.3) is 0 Å². The lowest BCUT2D eigenvalue weighted by Gasteiger charge is -2.44. The van der Waals surface area contributed by atoms with Crippen molar-refractivity contribution < 1.29 is 0 Å². The van der Waals surface area contributed by atoms with Gasteiger partial charge in [0, 0.05) is 23.7 Å². The highest BCUT2D eigenvalue weighted by molar-refractivity contribution is 7.99. The maximum atomic E-state index is 4.36. The van der Waals surface area contributed by atoms with E-state index in [1.54, 1.807) is 0 Å². The molecule has 0 aromatic carbocycles. The molecular weight excluding hydrogens is 254 g/mol. The van der Waals surface area contributed by atoms with Crippen LogP contribution in [-0.2, 0) is 0 Å². The largest absolute Gasteiger partial charge is 0.312 e. The van der Waals surface area contributed by atoms with Crippen LogP contribution < -0.4 is 5.32 Å². The predicted molar refractivity (Wildman–Crippen MR) is 81.4 cm³/mol. The maximum absolute atomic E-state index is 4.36. The highest BCUT2D eigenvalue weighted by Crippen LogP contribution is 2.42. The van der Waals surface area contributed by atoms with Crippen LogP contribution in [-0.4, -0.2) is 27.8 Å². The molecule has 0 bridgehead atoms. The smallest absolute Gasteiger partial charge is 0.187 e. The van der Waals surface area contributed by atoms with Crippen molar-refractivity contribution in [2.24, 2.45) is 5.41 Å². The Morgan fingerprint density at radius 2 is 2.11 bits per heavy atom. The number of thioether (sulfide) groups is 1. The van der Waals surface area contributed by atoms with Gasteiger partial charge in [0.2, 0.25) is 0 Å². The summed E-state index contributed by atoms with van der Waals surface area (Å²) < 4.78 is 0. The van der Waals surface area contributed by atoms with Gasteiger partial charge in [0.15, 0.2) is 5.16 Å². The fourth-order valence-electron chi connectivity index (χ4n) is 2.90. The summed E-state index contributed by atoms with van der Waals surface area (Å²) in [4.78, 5) is 8.72. The number of hydrogen-bond donors (Lipinski definition) is 1. The van der Waals surface area contributed by atoms with Gasteiger partial charge >= 0.3 is 0 Å². The van der Waals surface area contributed by atoms with Gasteiger partial charge in [0.1, 0.15) is 0 Å². The van der Waals surface area contributed by atoms with Gasteiger partial charge in [-0.3, -0.25) is 0 Å². The first-order valence-corrected chi connectivity index (χ1v) is 8.18. The van der Waals surface area contributed by atoms with E-state index >= 15 is 0 Å². The molecule has 1 heterocycles. The Bertz CT molecular complexity index is 380. The zero-order chi connectivity index (χ0) is 13.7. The van der Waals surface area contributed by atoms with Crippen molar-refractivity contribution in [2.45, 2.75) is 62.9 Å². The van der Waals surface area contributed by atoms with E-state index in [-0.39, 0.29) is 0 Å². The molecule has 1 fully saturated rings. The minimum absolute atomic E-state index is 0.361. The molecule has 0 amide bonds. The molecule has 0 spiro atoms. The third-order valence-corrected chi connectivity index (χ3v) is 5.17. The molecule has 0 saturated heterocycles. The molecule has 1 aliphatic rings. The van der Waals surface area contributed by atoms with Gasteiger partial charge in [-0.2, -0.15) is 0 Å². The quantitative estimate of drug-likeness (QED) is 0.837. The van der Waals surface area contributed by atoms with E-state index in [1.807, 2.05) is 30.2 Å². The minimum atomic E-state index is 0.361. The molecule has 2 atom stereocenters. The van der Waals surface area contributed by atoms with E-state index in [1.165, 1.54) is 25.7 Å². The van der Waals surface area contributed by atoms with Gasteiger partial charge in [-0.25, -0.2) is 9.97 Å². The maximum Gasteiger partial charge on any atom is 0.187 e. The summed E-state index contributed by atoms with van der Waals surface area (Å²) in [6.45, 7) is 8.10. The standard InChI is InChI=1S/C15H25N3S/c1-4-9-16-13-12(7-5-8-15(13,2)3)19-14-17-10-6-11-18-14/h6,10-13,16H,4-5,7-9H2,1-3H3. The SMILES string of the molecule is CCCNC1C(Sc2ncccn2)CCCC1(C)C. The second-order valence-electron chi connectivity index (χ2n) is 6.00. The van der Waals surface area contributed by atoms with Crippen molar-refractivity contribution in [3.8, 4) is 0 Å². The fraction of sp³-hybridized carbons (Fsp3) is 0.733. The normalized spacial score (nSPS) is 26.3. The number of rotatable bonds is 5. The van der Waals surface area contributed by atoms with Crippen LogP contribution in [0, 0.1) is 5.41 Å². The van der Waals surface area contributed by atoms with Crippen molar-refractivity contribution in [3.63, 3.8) is 0 Å². The van der Waals surface area contributed by atoms with E-state index in [0.29, 0.717) is 16.7 Å². The van der Waals surface area contributed by atoms with Crippen LogP contribution in [0.15, 0.2) is 23.6 Å². The highest BCUT2D eigenvalue weighted by Gasteiger charge is 2.39. The van der Waals surface area contributed by atoms with Gasteiger partial charge < -0.3 is 5.32 Å². The molecule has 3 nitrogen and oxygen atoms in total. The molecule has 4 heteroatoms. The van der Waals surface area contributed by atoms with Crippen LogP contribution in [0.2, 0.25) is 0 Å². The topological polar surface area (TPSA) is 37.8 Å². The highest BCUT2D eigenvalue weighted by atomic mass is 32.2. The number of nitrogens with zero attached hydrogens (tertiary/aromatic N) is 2. The van der Waals surface area contributed by atoms with Crippen molar-refractivity contribution in [3.05, 3.63) is 18.5 Å². The summed E-state index contributed by atoms with van der Waals surface area (Å²) in [5, 5.41) is 5.25. The fourth-order valence-corrected chi connectivity index (χ4v) is 4.30. The lowest BCUT2D eigenvalue weighted by Crippen LogP contribution is -2.51. The van der Waals surface area contributed by atoms with Crippen LogP contribution in [0.5, 0.6) is 0 Å². The first-order chi connectivity index (χ1) is 9.13. The van der Waals surface area contributed by atoms with Gasteiger partial charge in [-0.15, -0.1) is 0 Å². The minimum Gasteiger partial charge on any atom is -0.312 e. The average molecular weight is 279 g/mol. The molecule has 0 radical (unpaired) electrons. The van der Waals surface area contributed by atoms with Gasteiger partial charge in [-0.1, -0.05) is 39.0 Å². The average Bonchev–Trinajstić information content (AvgIpc) is 2.38. The van der Waals surface area contributed by atoms with E-state index in [9.17, 15) is 0 Å². The Morgan fingerprint density at radius 1 is 1.37 bits per heavy atom. The molecule has 106 valence electrons. The van der Waals surface area contributed by atoms with Crippen LogP contribution in [0.4, 0.5) is 0 Å². The summed E-state index contributed by atoms with van der Waals surface area (Å²) in [6, 6.07) is 2.43. The van der Waals surface area contributed by atoms with E-state index in [2.05, 4.69) is 36.1 Å². The lowest BCUT2D eigenvalue weighted by molar-refractivity contribution is 0.175. The molecule has 2 rings (SSSR count). The Kier molecular flexibility index (Phi) is 5.22. The first-order valence-electron chi connectivity index (χ1n) is 7.30. The Labute approximate surface area is 121 Å². The van der Waals surface area contributed by atoms with Crippen molar-refractivity contribution in [1.29, 1.82) is 0 Å². The third-order valence-electron chi connectivity index (χ3n) is 3.94. The van der Waals surface area contributed by atoms with Gasteiger partial charge in [-0.05, 0) is 37.3 Å². The Morgan fingerprint density at radius 3 is 2.79 bits per heavy atom. The molecule has 1 aliphatic carbocycles. The predicted octanol–water partition coefficient (Wildman–Crippen LogP) is 3.52. The monoisotopic (exact) mass is 279 g/mol. The van der Waals surface area contributed by atoms with Crippen LogP contribution in [0.3, 0.4) is 0 Å². The molecule has 19 heavy (non-hydrogen) atoms. The summed E-state index contributed by atoms with van der Waals surface area (Å²) in [5.74, 6) is 0.